The summed E-state index contributed by atoms with van der Waals surface area (Å²) in [6, 6.07) is 0.317. The van der Waals surface area contributed by atoms with Crippen LogP contribution >= 0.6 is 15.9 Å². The zero-order valence-electron chi connectivity index (χ0n) is 9.16. The Kier molecular flexibility index (Phi) is 4.38. The minimum atomic E-state index is 0.0425. The topological polar surface area (TPSA) is 23.6 Å². The Hall–Kier alpha value is -0.0900. The molecule has 0 bridgehead atoms. The van der Waals surface area contributed by atoms with Crippen molar-refractivity contribution in [2.45, 2.75) is 30.6 Å². The van der Waals surface area contributed by atoms with Gasteiger partial charge in [0.15, 0.2) is 0 Å². The number of likely N-dealkylation sites (tertiary alicyclic amines) is 1. The first kappa shape index (κ1) is 12.0. The van der Waals surface area contributed by atoms with E-state index in [0.717, 1.165) is 25.9 Å². The fourth-order valence-corrected chi connectivity index (χ4v) is 2.51. The van der Waals surface area contributed by atoms with Crippen molar-refractivity contribution < 1.29 is 4.79 Å². The van der Waals surface area contributed by atoms with E-state index in [1.54, 1.807) is 0 Å². The van der Waals surface area contributed by atoms with Gasteiger partial charge in [-0.3, -0.25) is 4.79 Å². The number of rotatable bonds is 3. The molecule has 0 aromatic heterocycles. The molecule has 0 saturated carbocycles. The lowest BCUT2D eigenvalue weighted by molar-refractivity contribution is -0.134. The van der Waals surface area contributed by atoms with Gasteiger partial charge >= 0.3 is 0 Å². The van der Waals surface area contributed by atoms with E-state index < -0.39 is 0 Å². The molecule has 0 aromatic rings. The molecule has 2 atom stereocenters. The van der Waals surface area contributed by atoms with Gasteiger partial charge in [-0.1, -0.05) is 15.9 Å². The van der Waals surface area contributed by atoms with Crippen molar-refractivity contribution in [3.8, 4) is 0 Å². The normalized spacial score (nSPS) is 25.6. The van der Waals surface area contributed by atoms with Crippen molar-refractivity contribution in [1.82, 2.24) is 9.80 Å². The van der Waals surface area contributed by atoms with Crippen molar-refractivity contribution in [2.75, 3.05) is 27.2 Å². The van der Waals surface area contributed by atoms with Crippen LogP contribution in [0.15, 0.2) is 0 Å². The highest BCUT2D eigenvalue weighted by Crippen LogP contribution is 2.20. The third kappa shape index (κ3) is 2.95. The fourth-order valence-electron chi connectivity index (χ4n) is 1.92. The van der Waals surface area contributed by atoms with Crippen molar-refractivity contribution in [2.24, 2.45) is 0 Å². The quantitative estimate of drug-likeness (QED) is 0.717. The number of alkyl halides is 1. The summed E-state index contributed by atoms with van der Waals surface area (Å²) < 4.78 is 0. The molecule has 0 radical (unpaired) electrons. The Labute approximate surface area is 94.6 Å². The molecule has 0 spiro atoms. The number of likely N-dealkylation sites (N-methyl/N-ethyl adjacent to an activating group) is 1. The number of piperidine rings is 1. The van der Waals surface area contributed by atoms with Gasteiger partial charge in [0.05, 0.1) is 4.83 Å². The number of carbonyl (C=O) groups excluding carboxylic acids is 1. The van der Waals surface area contributed by atoms with Gasteiger partial charge in [0, 0.05) is 19.1 Å². The molecule has 1 fully saturated rings. The maximum absolute atomic E-state index is 11.8. The van der Waals surface area contributed by atoms with Crippen LogP contribution in [0.5, 0.6) is 0 Å². The zero-order valence-corrected chi connectivity index (χ0v) is 10.7. The molecule has 14 heavy (non-hydrogen) atoms. The molecular formula is C10H19BrN2O. The minimum absolute atomic E-state index is 0.0425. The first-order chi connectivity index (χ1) is 6.52. The molecule has 0 aromatic carbocycles. The van der Waals surface area contributed by atoms with E-state index in [1.807, 2.05) is 19.0 Å². The molecule has 2 unspecified atom stereocenters. The van der Waals surface area contributed by atoms with Crippen molar-refractivity contribution in [1.29, 1.82) is 0 Å². The molecule has 0 N–H and O–H groups in total. The predicted molar refractivity (Wildman–Crippen MR) is 61.7 cm³/mol. The number of hydrogen-bond donors (Lipinski definition) is 0. The highest BCUT2D eigenvalue weighted by Gasteiger charge is 2.29. The summed E-state index contributed by atoms with van der Waals surface area (Å²) >= 11 is 3.42. The van der Waals surface area contributed by atoms with E-state index in [9.17, 15) is 4.79 Å². The predicted octanol–water partition coefficient (Wildman–Crippen LogP) is 1.32. The molecule has 82 valence electrons. The lowest BCUT2D eigenvalue weighted by Gasteiger charge is -2.35. The zero-order chi connectivity index (χ0) is 10.7. The summed E-state index contributed by atoms with van der Waals surface area (Å²) in [6.45, 7) is 3.96. The van der Waals surface area contributed by atoms with Crippen molar-refractivity contribution in [3.05, 3.63) is 0 Å². The molecule has 1 aliphatic heterocycles. The van der Waals surface area contributed by atoms with E-state index in [-0.39, 0.29) is 10.7 Å². The second kappa shape index (κ2) is 5.12. The Balaban J connectivity index is 2.53. The molecule has 1 saturated heterocycles. The molecule has 1 aliphatic rings. The molecule has 4 heteroatoms. The smallest absolute Gasteiger partial charge is 0.236 e. The van der Waals surface area contributed by atoms with Crippen molar-refractivity contribution >= 4 is 21.8 Å². The lowest BCUT2D eigenvalue weighted by atomic mass is 10.1. The van der Waals surface area contributed by atoms with Gasteiger partial charge in [0.25, 0.3) is 0 Å². The van der Waals surface area contributed by atoms with Crippen LogP contribution in [-0.2, 0) is 4.79 Å². The molecule has 0 aliphatic carbocycles. The van der Waals surface area contributed by atoms with Crippen LogP contribution in [-0.4, -0.2) is 53.8 Å². The number of nitrogens with zero attached hydrogens (tertiary/aromatic N) is 2. The van der Waals surface area contributed by atoms with Crippen LogP contribution in [0.2, 0.25) is 0 Å². The van der Waals surface area contributed by atoms with Crippen LogP contribution in [0, 0.1) is 0 Å². The third-order valence-corrected chi connectivity index (χ3v) is 3.42. The average molecular weight is 263 g/mol. The Morgan fingerprint density at radius 3 is 2.86 bits per heavy atom. The van der Waals surface area contributed by atoms with E-state index in [0.29, 0.717) is 6.04 Å². The highest BCUT2D eigenvalue weighted by molar-refractivity contribution is 9.10. The largest absolute Gasteiger partial charge is 0.338 e. The fraction of sp³-hybridized carbons (Fsp3) is 0.900. The van der Waals surface area contributed by atoms with Gasteiger partial charge in [0.1, 0.15) is 0 Å². The highest BCUT2D eigenvalue weighted by atomic mass is 79.9. The van der Waals surface area contributed by atoms with Crippen LogP contribution < -0.4 is 0 Å². The molecule has 1 rings (SSSR count). The van der Waals surface area contributed by atoms with Gasteiger partial charge < -0.3 is 9.80 Å². The van der Waals surface area contributed by atoms with E-state index in [2.05, 4.69) is 27.8 Å². The van der Waals surface area contributed by atoms with Crippen LogP contribution in [0.1, 0.15) is 19.8 Å². The number of halogens is 1. The maximum Gasteiger partial charge on any atom is 0.236 e. The van der Waals surface area contributed by atoms with E-state index in [1.165, 1.54) is 0 Å². The maximum atomic E-state index is 11.8. The monoisotopic (exact) mass is 262 g/mol. The first-order valence-corrected chi connectivity index (χ1v) is 6.03. The summed E-state index contributed by atoms with van der Waals surface area (Å²) in [5, 5.41) is 0. The Bertz CT molecular complexity index is 208. The molecule has 3 nitrogen and oxygen atoms in total. The van der Waals surface area contributed by atoms with Crippen molar-refractivity contribution in [3.63, 3.8) is 0 Å². The van der Waals surface area contributed by atoms with Gasteiger partial charge in [-0.15, -0.1) is 0 Å². The van der Waals surface area contributed by atoms with Gasteiger partial charge in [0.2, 0.25) is 5.91 Å². The lowest BCUT2D eigenvalue weighted by Crippen LogP contribution is -2.49. The number of hydrogen-bond acceptors (Lipinski definition) is 2. The molecule has 1 heterocycles. The Morgan fingerprint density at radius 2 is 2.29 bits per heavy atom. The van der Waals surface area contributed by atoms with Crippen LogP contribution in [0.4, 0.5) is 0 Å². The first-order valence-electron chi connectivity index (χ1n) is 5.11. The molecular weight excluding hydrogens is 244 g/mol. The van der Waals surface area contributed by atoms with Crippen LogP contribution in [0.25, 0.3) is 0 Å². The van der Waals surface area contributed by atoms with E-state index >= 15 is 0 Å². The molecule has 1 amide bonds. The van der Waals surface area contributed by atoms with Crippen LogP contribution in [0.3, 0.4) is 0 Å². The summed E-state index contributed by atoms with van der Waals surface area (Å²) in [5.74, 6) is 0.255. The van der Waals surface area contributed by atoms with Gasteiger partial charge in [-0.05, 0) is 33.9 Å². The SMILES string of the molecule is CC(CN(C)C)N1CCCC(Br)C1=O. The summed E-state index contributed by atoms with van der Waals surface area (Å²) in [6.07, 6.45) is 2.09. The summed E-state index contributed by atoms with van der Waals surface area (Å²) in [7, 11) is 4.08. The summed E-state index contributed by atoms with van der Waals surface area (Å²) in [5.41, 5.74) is 0. The third-order valence-electron chi connectivity index (χ3n) is 2.57. The minimum Gasteiger partial charge on any atom is -0.338 e. The van der Waals surface area contributed by atoms with E-state index in [4.69, 9.17) is 0 Å². The second-order valence-electron chi connectivity index (χ2n) is 4.25. The Morgan fingerprint density at radius 1 is 1.64 bits per heavy atom. The number of carbonyl (C=O) groups is 1. The van der Waals surface area contributed by atoms with Gasteiger partial charge in [-0.25, -0.2) is 0 Å². The average Bonchev–Trinajstić information content (AvgIpc) is 2.08. The summed E-state index contributed by atoms with van der Waals surface area (Å²) in [4.78, 5) is 16.0. The second-order valence-corrected chi connectivity index (χ2v) is 5.36. The standard InChI is InChI=1S/C10H19BrN2O/c1-8(7-12(2)3)13-6-4-5-9(11)10(13)14/h8-9H,4-7H2,1-3H3. The van der Waals surface area contributed by atoms with Gasteiger partial charge in [-0.2, -0.15) is 0 Å². The number of amides is 1.